The predicted octanol–water partition coefficient (Wildman–Crippen LogP) is 3.39. The highest BCUT2D eigenvalue weighted by molar-refractivity contribution is 6.33. The second-order valence-electron chi connectivity index (χ2n) is 4.62. The summed E-state index contributed by atoms with van der Waals surface area (Å²) in [5.41, 5.74) is 0.0327. The first-order valence-electron chi connectivity index (χ1n) is 6.18. The number of nitrogens with zero attached hydrogens (tertiary/aromatic N) is 1. The Morgan fingerprint density at radius 2 is 2.17 bits per heavy atom. The smallest absolute Gasteiger partial charge is 0.337 e. The van der Waals surface area contributed by atoms with Gasteiger partial charge in [-0.25, -0.2) is 9.78 Å². The maximum atomic E-state index is 10.9. The molecule has 1 aliphatic carbocycles. The van der Waals surface area contributed by atoms with Crippen LogP contribution < -0.4 is 4.74 Å². The van der Waals surface area contributed by atoms with Crippen LogP contribution in [0.2, 0.25) is 5.02 Å². The zero-order valence-electron chi connectivity index (χ0n) is 10.1. The van der Waals surface area contributed by atoms with Crippen LogP contribution in [0.1, 0.15) is 42.5 Å². The fourth-order valence-corrected chi connectivity index (χ4v) is 2.40. The molecule has 1 aliphatic rings. The van der Waals surface area contributed by atoms with E-state index in [-0.39, 0.29) is 10.6 Å². The first kappa shape index (κ1) is 13.1. The van der Waals surface area contributed by atoms with E-state index in [1.807, 2.05) is 0 Å². The normalized spacial score (nSPS) is 16.5. The molecule has 5 heteroatoms. The molecule has 0 radical (unpaired) electrons. The van der Waals surface area contributed by atoms with Crippen molar-refractivity contribution in [2.75, 3.05) is 6.61 Å². The molecule has 18 heavy (non-hydrogen) atoms. The molecule has 1 heterocycles. The second kappa shape index (κ2) is 6.05. The number of carboxylic acids is 1. The van der Waals surface area contributed by atoms with Gasteiger partial charge in [-0.05, 0) is 18.8 Å². The van der Waals surface area contributed by atoms with Gasteiger partial charge in [0.05, 0.1) is 23.4 Å². The summed E-state index contributed by atoms with van der Waals surface area (Å²) < 4.78 is 5.56. The van der Waals surface area contributed by atoms with Crippen molar-refractivity contribution in [3.8, 4) is 5.88 Å². The molecule has 0 spiro atoms. The Labute approximate surface area is 111 Å². The molecule has 98 valence electrons. The van der Waals surface area contributed by atoms with E-state index in [1.54, 1.807) is 0 Å². The van der Waals surface area contributed by atoms with Gasteiger partial charge < -0.3 is 9.84 Å². The predicted molar refractivity (Wildman–Crippen MR) is 68.3 cm³/mol. The van der Waals surface area contributed by atoms with E-state index in [0.29, 0.717) is 18.4 Å². The Morgan fingerprint density at radius 3 is 2.83 bits per heavy atom. The number of aromatic carboxylic acids is 1. The lowest BCUT2D eigenvalue weighted by atomic mass is 9.90. The number of hydrogen-bond acceptors (Lipinski definition) is 3. The average molecular weight is 270 g/mol. The van der Waals surface area contributed by atoms with Gasteiger partial charge in [-0.3, -0.25) is 0 Å². The van der Waals surface area contributed by atoms with Crippen molar-refractivity contribution in [1.82, 2.24) is 4.98 Å². The van der Waals surface area contributed by atoms with E-state index in [1.165, 1.54) is 44.4 Å². The minimum Gasteiger partial charge on any atom is -0.478 e. The van der Waals surface area contributed by atoms with E-state index in [4.69, 9.17) is 21.4 Å². The molecule has 4 nitrogen and oxygen atoms in total. The maximum absolute atomic E-state index is 10.9. The van der Waals surface area contributed by atoms with Crippen LogP contribution >= 0.6 is 11.6 Å². The largest absolute Gasteiger partial charge is 0.478 e. The molecular weight excluding hydrogens is 254 g/mol. The average Bonchev–Trinajstić information content (AvgIpc) is 2.38. The summed E-state index contributed by atoms with van der Waals surface area (Å²) in [7, 11) is 0. The van der Waals surface area contributed by atoms with Gasteiger partial charge in [-0.15, -0.1) is 0 Å². The molecule has 1 fully saturated rings. The van der Waals surface area contributed by atoms with Gasteiger partial charge >= 0.3 is 5.97 Å². The van der Waals surface area contributed by atoms with Crippen LogP contribution in [0.4, 0.5) is 0 Å². The number of pyridine rings is 1. The first-order valence-corrected chi connectivity index (χ1v) is 6.56. The number of aromatic nitrogens is 1. The molecule has 0 bridgehead atoms. The van der Waals surface area contributed by atoms with Crippen molar-refractivity contribution in [1.29, 1.82) is 0 Å². The molecule has 0 aromatic carbocycles. The van der Waals surface area contributed by atoms with E-state index in [2.05, 4.69) is 4.98 Å². The Balaban J connectivity index is 1.96. The molecule has 1 saturated carbocycles. The van der Waals surface area contributed by atoms with Gasteiger partial charge in [0.25, 0.3) is 0 Å². The van der Waals surface area contributed by atoms with Crippen LogP contribution in [0.15, 0.2) is 12.3 Å². The van der Waals surface area contributed by atoms with Gasteiger partial charge in [-0.1, -0.05) is 30.9 Å². The van der Waals surface area contributed by atoms with Crippen molar-refractivity contribution < 1.29 is 14.6 Å². The molecule has 1 aromatic rings. The molecule has 1 aromatic heterocycles. The number of ether oxygens (including phenoxy) is 1. The summed E-state index contributed by atoms with van der Waals surface area (Å²) in [6.07, 6.45) is 7.49. The SMILES string of the molecule is O=C(O)c1cc(OCC2CCCCC2)ncc1Cl. The number of rotatable bonds is 4. The summed E-state index contributed by atoms with van der Waals surface area (Å²) >= 11 is 5.74. The molecule has 1 N–H and O–H groups in total. The van der Waals surface area contributed by atoms with E-state index in [9.17, 15) is 4.79 Å². The molecular formula is C13H16ClNO3. The number of carbonyl (C=O) groups is 1. The summed E-state index contributed by atoms with van der Waals surface area (Å²) in [6.45, 7) is 0.605. The van der Waals surface area contributed by atoms with Crippen LogP contribution in [0.3, 0.4) is 0 Å². The third-order valence-corrected chi connectivity index (χ3v) is 3.55. The van der Waals surface area contributed by atoms with Crippen LogP contribution in [0.5, 0.6) is 5.88 Å². The van der Waals surface area contributed by atoms with Crippen LogP contribution in [-0.2, 0) is 0 Å². The topological polar surface area (TPSA) is 59.4 Å². The maximum Gasteiger partial charge on any atom is 0.337 e. The van der Waals surface area contributed by atoms with E-state index < -0.39 is 5.97 Å². The lowest BCUT2D eigenvalue weighted by Crippen LogP contribution is -2.15. The van der Waals surface area contributed by atoms with Crippen molar-refractivity contribution in [2.45, 2.75) is 32.1 Å². The fourth-order valence-electron chi connectivity index (χ4n) is 2.22. The minimum absolute atomic E-state index is 0.0327. The van der Waals surface area contributed by atoms with Gasteiger partial charge in [-0.2, -0.15) is 0 Å². The second-order valence-corrected chi connectivity index (χ2v) is 5.03. The number of halogens is 1. The van der Waals surface area contributed by atoms with Gasteiger partial charge in [0, 0.05) is 6.07 Å². The quantitative estimate of drug-likeness (QED) is 0.910. The molecule has 0 aliphatic heterocycles. The highest BCUT2D eigenvalue weighted by Crippen LogP contribution is 2.25. The molecule has 0 saturated heterocycles. The van der Waals surface area contributed by atoms with Crippen molar-refractivity contribution >= 4 is 17.6 Å². The van der Waals surface area contributed by atoms with Crippen LogP contribution in [0, 0.1) is 5.92 Å². The lowest BCUT2D eigenvalue weighted by molar-refractivity contribution is 0.0696. The first-order chi connectivity index (χ1) is 8.66. The highest BCUT2D eigenvalue weighted by Gasteiger charge is 2.15. The summed E-state index contributed by atoms with van der Waals surface area (Å²) in [5, 5.41) is 9.07. The van der Waals surface area contributed by atoms with Crippen molar-refractivity contribution in [3.05, 3.63) is 22.8 Å². The molecule has 0 atom stereocenters. The Kier molecular flexibility index (Phi) is 4.42. The minimum atomic E-state index is -1.06. The summed E-state index contributed by atoms with van der Waals surface area (Å²) in [4.78, 5) is 14.9. The van der Waals surface area contributed by atoms with Gasteiger partial charge in [0.15, 0.2) is 0 Å². The van der Waals surface area contributed by atoms with Gasteiger partial charge in [0.2, 0.25) is 5.88 Å². The highest BCUT2D eigenvalue weighted by atomic mass is 35.5. The summed E-state index contributed by atoms with van der Waals surface area (Å²) in [5.74, 6) is -0.170. The molecule has 2 rings (SSSR count). The summed E-state index contributed by atoms with van der Waals surface area (Å²) in [6, 6.07) is 1.38. The Hall–Kier alpha value is -1.29. The third kappa shape index (κ3) is 3.35. The van der Waals surface area contributed by atoms with Crippen molar-refractivity contribution in [2.24, 2.45) is 5.92 Å². The fraction of sp³-hybridized carbons (Fsp3) is 0.538. The molecule has 0 amide bonds. The van der Waals surface area contributed by atoms with Gasteiger partial charge in [0.1, 0.15) is 0 Å². The lowest BCUT2D eigenvalue weighted by Gasteiger charge is -2.21. The van der Waals surface area contributed by atoms with E-state index in [0.717, 1.165) is 0 Å². The Morgan fingerprint density at radius 1 is 1.44 bits per heavy atom. The monoisotopic (exact) mass is 269 g/mol. The zero-order valence-corrected chi connectivity index (χ0v) is 10.8. The molecule has 0 unspecified atom stereocenters. The Bertz CT molecular complexity index is 430. The number of hydrogen-bond donors (Lipinski definition) is 1. The standard InChI is InChI=1S/C13H16ClNO3/c14-11-7-15-12(6-10(11)13(16)17)18-8-9-4-2-1-3-5-9/h6-7,9H,1-5,8H2,(H,16,17). The van der Waals surface area contributed by atoms with Crippen LogP contribution in [-0.4, -0.2) is 22.7 Å². The third-order valence-electron chi connectivity index (χ3n) is 3.25. The number of carboxylic acid groups (broad SMARTS) is 1. The van der Waals surface area contributed by atoms with Crippen molar-refractivity contribution in [3.63, 3.8) is 0 Å². The zero-order chi connectivity index (χ0) is 13.0. The van der Waals surface area contributed by atoms with Crippen LogP contribution in [0.25, 0.3) is 0 Å². The van der Waals surface area contributed by atoms with E-state index >= 15 is 0 Å².